The minimum atomic E-state index is -0.819. The predicted octanol–water partition coefficient (Wildman–Crippen LogP) is 6.77. The molecule has 1 saturated carbocycles. The fraction of sp³-hybridized carbons (Fsp3) is 0.719. The Bertz CT molecular complexity index is 906. The molecule has 0 aliphatic heterocycles. The van der Waals surface area contributed by atoms with Crippen LogP contribution in [0.5, 0.6) is 0 Å². The first-order valence-corrected chi connectivity index (χ1v) is 15.0. The van der Waals surface area contributed by atoms with Gasteiger partial charge in [0.2, 0.25) is 11.8 Å². The van der Waals surface area contributed by atoms with E-state index in [1.165, 1.54) is 6.42 Å². The lowest BCUT2D eigenvalue weighted by molar-refractivity contribution is -0.146. The van der Waals surface area contributed by atoms with Gasteiger partial charge < -0.3 is 20.3 Å². The molecule has 0 bridgehead atoms. The quantitative estimate of drug-likeness (QED) is 0.305. The van der Waals surface area contributed by atoms with Crippen LogP contribution in [0.15, 0.2) is 30.3 Å². The Kier molecular flexibility index (Phi) is 12.8. The van der Waals surface area contributed by atoms with Crippen LogP contribution in [0.3, 0.4) is 0 Å². The Morgan fingerprint density at radius 2 is 1.59 bits per heavy atom. The summed E-state index contributed by atoms with van der Waals surface area (Å²) in [6.07, 6.45) is 7.04. The largest absolute Gasteiger partial charge is 0.444 e. The predicted molar refractivity (Wildman–Crippen MR) is 157 cm³/mol. The van der Waals surface area contributed by atoms with E-state index < -0.39 is 23.8 Å². The number of carbonyl (C=O) groups is 3. The highest BCUT2D eigenvalue weighted by atomic mass is 16.6. The van der Waals surface area contributed by atoms with Gasteiger partial charge in [0.25, 0.3) is 0 Å². The summed E-state index contributed by atoms with van der Waals surface area (Å²) in [5, 5.41) is 6.15. The van der Waals surface area contributed by atoms with Crippen molar-refractivity contribution < 1.29 is 19.1 Å². The van der Waals surface area contributed by atoms with Crippen molar-refractivity contribution in [2.75, 3.05) is 0 Å². The van der Waals surface area contributed by atoms with Crippen molar-refractivity contribution >= 4 is 17.9 Å². The van der Waals surface area contributed by atoms with Crippen molar-refractivity contribution in [3.63, 3.8) is 0 Å². The fourth-order valence-corrected chi connectivity index (χ4v) is 5.19. The molecule has 1 aliphatic rings. The number of nitrogens with zero attached hydrogens (tertiary/aromatic N) is 1. The monoisotopic (exact) mass is 543 g/mol. The second kappa shape index (κ2) is 15.3. The van der Waals surface area contributed by atoms with Crippen LogP contribution in [0.25, 0.3) is 0 Å². The first-order chi connectivity index (χ1) is 18.3. The fourth-order valence-electron chi connectivity index (χ4n) is 5.19. The van der Waals surface area contributed by atoms with Crippen molar-refractivity contribution in [1.82, 2.24) is 15.5 Å². The number of amides is 3. The molecule has 3 amide bonds. The van der Waals surface area contributed by atoms with Crippen LogP contribution in [0.1, 0.15) is 118 Å². The molecule has 4 atom stereocenters. The molecule has 1 aromatic carbocycles. The molecule has 220 valence electrons. The Hall–Kier alpha value is -2.57. The third-order valence-corrected chi connectivity index (χ3v) is 7.64. The summed E-state index contributed by atoms with van der Waals surface area (Å²) in [7, 11) is 0. The second-order valence-corrected chi connectivity index (χ2v) is 12.7. The van der Waals surface area contributed by atoms with Gasteiger partial charge in [0.1, 0.15) is 17.7 Å². The number of benzene rings is 1. The first-order valence-electron chi connectivity index (χ1n) is 15.0. The molecular formula is C32H53N3O4. The molecule has 1 aliphatic carbocycles. The summed E-state index contributed by atoms with van der Waals surface area (Å²) in [4.78, 5) is 43.2. The summed E-state index contributed by atoms with van der Waals surface area (Å²) >= 11 is 0. The standard InChI is InChI=1S/C32H53N3O4/c1-9-23(4)27(34-31(38)39-32(6,7)8)30(37)35(24(5)21-20-22(2)3)28(25-16-12-10-13-17-25)29(36)33-26-18-14-11-15-19-26/h10,12-13,16-17,22-24,26-28H,9,11,14-15,18-21H2,1-8H3,(H,33,36)(H,34,38). The van der Waals surface area contributed by atoms with Gasteiger partial charge in [-0.15, -0.1) is 0 Å². The lowest BCUT2D eigenvalue weighted by atomic mass is 9.92. The average molecular weight is 544 g/mol. The minimum Gasteiger partial charge on any atom is -0.444 e. The topological polar surface area (TPSA) is 87.7 Å². The number of rotatable bonds is 12. The average Bonchev–Trinajstić information content (AvgIpc) is 2.88. The van der Waals surface area contributed by atoms with Crippen molar-refractivity contribution in [2.24, 2.45) is 11.8 Å². The van der Waals surface area contributed by atoms with Crippen LogP contribution in [0, 0.1) is 11.8 Å². The van der Waals surface area contributed by atoms with E-state index in [2.05, 4.69) is 24.5 Å². The smallest absolute Gasteiger partial charge is 0.408 e. The molecule has 2 N–H and O–H groups in total. The Balaban J connectivity index is 2.52. The van der Waals surface area contributed by atoms with E-state index >= 15 is 0 Å². The third-order valence-electron chi connectivity index (χ3n) is 7.64. The molecule has 2 rings (SSSR count). The van der Waals surface area contributed by atoms with E-state index in [1.54, 1.807) is 25.7 Å². The highest BCUT2D eigenvalue weighted by Crippen LogP contribution is 2.30. The van der Waals surface area contributed by atoms with E-state index in [1.807, 2.05) is 51.1 Å². The molecule has 0 spiro atoms. The van der Waals surface area contributed by atoms with Gasteiger partial charge in [-0.2, -0.15) is 0 Å². The SMILES string of the molecule is CCC(C)C(NC(=O)OC(C)(C)C)C(=O)N(C(C)CCC(C)C)C(C(=O)NC1CCCCC1)c1ccccc1. The minimum absolute atomic E-state index is 0.116. The van der Waals surface area contributed by atoms with Gasteiger partial charge in [0, 0.05) is 12.1 Å². The summed E-state index contributed by atoms with van der Waals surface area (Å²) in [5.41, 5.74) is 0.0832. The summed E-state index contributed by atoms with van der Waals surface area (Å²) in [5.74, 6) is -0.0966. The van der Waals surface area contributed by atoms with Crippen molar-refractivity contribution in [2.45, 2.75) is 137 Å². The lowest BCUT2D eigenvalue weighted by Gasteiger charge is -2.40. The van der Waals surface area contributed by atoms with Crippen molar-refractivity contribution in [1.29, 1.82) is 0 Å². The summed E-state index contributed by atoms with van der Waals surface area (Å²) in [6.45, 7) is 15.7. The number of hydrogen-bond donors (Lipinski definition) is 2. The van der Waals surface area contributed by atoms with Crippen LogP contribution in [-0.4, -0.2) is 46.5 Å². The van der Waals surface area contributed by atoms with Crippen molar-refractivity contribution in [3.8, 4) is 0 Å². The van der Waals surface area contributed by atoms with E-state index in [-0.39, 0.29) is 29.8 Å². The molecular weight excluding hydrogens is 490 g/mol. The number of carbonyl (C=O) groups excluding carboxylic acids is 3. The molecule has 7 nitrogen and oxygen atoms in total. The molecule has 39 heavy (non-hydrogen) atoms. The van der Waals surface area contributed by atoms with Crippen LogP contribution in [0.2, 0.25) is 0 Å². The normalized spacial score (nSPS) is 17.6. The van der Waals surface area contributed by atoms with Crippen LogP contribution in [-0.2, 0) is 14.3 Å². The maximum atomic E-state index is 14.5. The van der Waals surface area contributed by atoms with E-state index in [0.717, 1.165) is 44.1 Å². The van der Waals surface area contributed by atoms with E-state index in [0.29, 0.717) is 12.3 Å². The highest BCUT2D eigenvalue weighted by molar-refractivity contribution is 5.92. The third kappa shape index (κ3) is 10.5. The molecule has 1 fully saturated rings. The highest BCUT2D eigenvalue weighted by Gasteiger charge is 2.40. The Morgan fingerprint density at radius 3 is 2.13 bits per heavy atom. The van der Waals surface area contributed by atoms with Crippen LogP contribution < -0.4 is 10.6 Å². The van der Waals surface area contributed by atoms with Gasteiger partial charge in [-0.3, -0.25) is 9.59 Å². The molecule has 0 saturated heterocycles. The lowest BCUT2D eigenvalue weighted by Crippen LogP contribution is -2.58. The zero-order chi connectivity index (χ0) is 29.2. The van der Waals surface area contributed by atoms with E-state index in [9.17, 15) is 14.4 Å². The molecule has 0 aromatic heterocycles. The zero-order valence-electron chi connectivity index (χ0n) is 25.6. The number of ether oxygens (including phenoxy) is 1. The maximum Gasteiger partial charge on any atom is 0.408 e. The molecule has 0 radical (unpaired) electrons. The van der Waals surface area contributed by atoms with Gasteiger partial charge in [0.15, 0.2) is 0 Å². The van der Waals surface area contributed by atoms with Crippen molar-refractivity contribution in [3.05, 3.63) is 35.9 Å². The molecule has 4 unspecified atom stereocenters. The number of hydrogen-bond acceptors (Lipinski definition) is 4. The van der Waals surface area contributed by atoms with Crippen LogP contribution in [0.4, 0.5) is 4.79 Å². The van der Waals surface area contributed by atoms with Gasteiger partial charge in [-0.1, -0.05) is 83.7 Å². The van der Waals surface area contributed by atoms with Gasteiger partial charge in [0.05, 0.1) is 0 Å². The summed E-state index contributed by atoms with van der Waals surface area (Å²) in [6, 6.07) is 7.85. The van der Waals surface area contributed by atoms with Gasteiger partial charge >= 0.3 is 6.09 Å². The first kappa shape index (κ1) is 32.6. The van der Waals surface area contributed by atoms with Gasteiger partial charge in [-0.05, 0) is 70.8 Å². The number of alkyl carbamates (subject to hydrolysis) is 1. The summed E-state index contributed by atoms with van der Waals surface area (Å²) < 4.78 is 5.53. The molecule has 7 heteroatoms. The number of nitrogens with one attached hydrogen (secondary N) is 2. The van der Waals surface area contributed by atoms with E-state index in [4.69, 9.17) is 4.74 Å². The Morgan fingerprint density at radius 1 is 0.974 bits per heavy atom. The Labute approximate surface area is 236 Å². The maximum absolute atomic E-state index is 14.5. The van der Waals surface area contributed by atoms with Crippen LogP contribution >= 0.6 is 0 Å². The van der Waals surface area contributed by atoms with Gasteiger partial charge in [-0.25, -0.2) is 4.79 Å². The molecule has 0 heterocycles. The second-order valence-electron chi connectivity index (χ2n) is 12.7. The zero-order valence-corrected chi connectivity index (χ0v) is 25.6. The molecule has 1 aromatic rings.